The molecule has 38 heavy (non-hydrogen) atoms. The highest BCUT2D eigenvalue weighted by Gasteiger charge is 2.37. The van der Waals surface area contributed by atoms with Crippen molar-refractivity contribution in [3.05, 3.63) is 119 Å². The lowest BCUT2D eigenvalue weighted by molar-refractivity contribution is -0.125. The van der Waals surface area contributed by atoms with Gasteiger partial charge in [0.2, 0.25) is 5.91 Å². The Morgan fingerprint density at radius 3 is 2.47 bits per heavy atom. The standard InChI is InChI=1S/C29H23Cl2N5OS/c1-2-16-35-28(37)26(17-21-8-6-7-11-25(21)31)38-29(35)33-32-18-22-19-36(24-9-4-3-5-10-24)34-27(22)20-12-14-23(30)15-13-20/h2-15,18-19,26H,1,16-17H2. The number of rotatable bonds is 8. The maximum Gasteiger partial charge on any atom is 0.242 e. The predicted octanol–water partition coefficient (Wildman–Crippen LogP) is 6.91. The molecule has 9 heteroatoms. The number of hydrogen-bond donors (Lipinski definition) is 0. The monoisotopic (exact) mass is 559 g/mol. The van der Waals surface area contributed by atoms with Gasteiger partial charge in [0, 0.05) is 33.9 Å². The summed E-state index contributed by atoms with van der Waals surface area (Å²) in [4.78, 5) is 14.7. The normalized spacial score (nSPS) is 16.6. The van der Waals surface area contributed by atoms with Gasteiger partial charge in [0.1, 0.15) is 5.69 Å². The third-order valence-corrected chi connectivity index (χ3v) is 7.70. The molecule has 190 valence electrons. The van der Waals surface area contributed by atoms with E-state index in [1.807, 2.05) is 85.1 Å². The molecule has 0 N–H and O–H groups in total. The van der Waals surface area contributed by atoms with Gasteiger partial charge in [-0.3, -0.25) is 9.69 Å². The van der Waals surface area contributed by atoms with Crippen LogP contribution < -0.4 is 0 Å². The van der Waals surface area contributed by atoms with Crippen molar-refractivity contribution < 1.29 is 4.79 Å². The number of hydrogen-bond acceptors (Lipinski definition) is 5. The van der Waals surface area contributed by atoms with Crippen LogP contribution in [0.15, 0.2) is 108 Å². The van der Waals surface area contributed by atoms with Gasteiger partial charge in [-0.1, -0.05) is 89.6 Å². The summed E-state index contributed by atoms with van der Waals surface area (Å²) < 4.78 is 1.80. The molecule has 4 aromatic rings. The van der Waals surface area contributed by atoms with Crippen LogP contribution in [0.3, 0.4) is 0 Å². The molecular formula is C29H23Cl2N5OS. The highest BCUT2D eigenvalue weighted by molar-refractivity contribution is 8.15. The Kier molecular flexibility index (Phi) is 8.08. The Balaban J connectivity index is 1.44. The van der Waals surface area contributed by atoms with E-state index in [4.69, 9.17) is 28.3 Å². The second-order valence-corrected chi connectivity index (χ2v) is 10.5. The van der Waals surface area contributed by atoms with E-state index in [0.717, 1.165) is 28.1 Å². The van der Waals surface area contributed by atoms with Gasteiger partial charge in [0.05, 0.1) is 17.2 Å². The molecule has 0 spiro atoms. The molecule has 0 bridgehead atoms. The highest BCUT2D eigenvalue weighted by Crippen LogP contribution is 2.32. The summed E-state index contributed by atoms with van der Waals surface area (Å²) in [6, 6.07) is 24.9. The van der Waals surface area contributed by atoms with Gasteiger partial charge in [-0.25, -0.2) is 4.68 Å². The van der Waals surface area contributed by atoms with E-state index < -0.39 is 0 Å². The highest BCUT2D eigenvalue weighted by atomic mass is 35.5. The third-order valence-electron chi connectivity index (χ3n) is 5.92. The maximum absolute atomic E-state index is 13.1. The largest absolute Gasteiger partial charge is 0.285 e. The zero-order chi connectivity index (χ0) is 26.5. The number of amides is 1. The number of nitrogens with zero attached hydrogens (tertiary/aromatic N) is 5. The topological polar surface area (TPSA) is 62.9 Å². The number of amidine groups is 1. The first-order valence-electron chi connectivity index (χ1n) is 11.9. The van der Waals surface area contributed by atoms with Crippen molar-refractivity contribution >= 4 is 52.3 Å². The minimum atomic E-state index is -0.339. The first kappa shape index (κ1) is 26.0. The summed E-state index contributed by atoms with van der Waals surface area (Å²) >= 11 is 13.8. The van der Waals surface area contributed by atoms with Gasteiger partial charge in [0.15, 0.2) is 5.17 Å². The Hall–Kier alpha value is -3.65. The van der Waals surface area contributed by atoms with E-state index in [1.165, 1.54) is 11.8 Å². The van der Waals surface area contributed by atoms with Crippen molar-refractivity contribution in [2.75, 3.05) is 6.54 Å². The summed E-state index contributed by atoms with van der Waals surface area (Å²) in [6.45, 7) is 4.14. The molecule has 1 saturated heterocycles. The summed E-state index contributed by atoms with van der Waals surface area (Å²) in [5.41, 5.74) is 4.26. The summed E-state index contributed by atoms with van der Waals surface area (Å²) in [7, 11) is 0. The summed E-state index contributed by atoms with van der Waals surface area (Å²) in [6.07, 6.45) is 5.74. The SMILES string of the molecule is C=CCN1C(=O)C(Cc2ccccc2Cl)SC1=NN=Cc1cn(-c2ccccc2)nc1-c1ccc(Cl)cc1. The number of benzene rings is 3. The average molecular weight is 561 g/mol. The fraction of sp³-hybridized carbons (Fsp3) is 0.103. The minimum Gasteiger partial charge on any atom is -0.285 e. The smallest absolute Gasteiger partial charge is 0.242 e. The quantitative estimate of drug-likeness (QED) is 0.134. The zero-order valence-corrected chi connectivity index (χ0v) is 22.6. The molecule has 1 aliphatic rings. The van der Waals surface area contributed by atoms with Crippen LogP contribution in [0.4, 0.5) is 0 Å². The molecule has 1 aliphatic heterocycles. The van der Waals surface area contributed by atoms with Crippen LogP contribution in [0.25, 0.3) is 16.9 Å². The van der Waals surface area contributed by atoms with E-state index in [0.29, 0.717) is 28.2 Å². The van der Waals surface area contributed by atoms with E-state index >= 15 is 0 Å². The fourth-order valence-corrected chi connectivity index (χ4v) is 5.51. The number of carbonyl (C=O) groups excluding carboxylic acids is 1. The van der Waals surface area contributed by atoms with Gasteiger partial charge < -0.3 is 0 Å². The molecule has 1 fully saturated rings. The molecule has 2 heterocycles. The number of carbonyl (C=O) groups is 1. The van der Waals surface area contributed by atoms with Gasteiger partial charge in [-0.2, -0.15) is 10.2 Å². The van der Waals surface area contributed by atoms with Crippen LogP contribution in [0.5, 0.6) is 0 Å². The van der Waals surface area contributed by atoms with Crippen molar-refractivity contribution in [1.29, 1.82) is 0 Å². The molecule has 1 atom stereocenters. The van der Waals surface area contributed by atoms with Gasteiger partial charge in [-0.05, 0) is 42.3 Å². The number of para-hydroxylation sites is 1. The second kappa shape index (κ2) is 11.8. The molecule has 0 radical (unpaired) electrons. The third kappa shape index (κ3) is 5.75. The van der Waals surface area contributed by atoms with Crippen molar-refractivity contribution in [3.8, 4) is 16.9 Å². The Morgan fingerprint density at radius 1 is 1.00 bits per heavy atom. The lowest BCUT2D eigenvalue weighted by Gasteiger charge is -2.13. The first-order chi connectivity index (χ1) is 18.5. The van der Waals surface area contributed by atoms with Gasteiger partial charge >= 0.3 is 0 Å². The molecule has 3 aromatic carbocycles. The molecule has 1 amide bonds. The molecule has 1 unspecified atom stereocenters. The van der Waals surface area contributed by atoms with Crippen molar-refractivity contribution in [2.45, 2.75) is 11.7 Å². The van der Waals surface area contributed by atoms with Crippen LogP contribution in [0.2, 0.25) is 10.0 Å². The van der Waals surface area contributed by atoms with Crippen molar-refractivity contribution in [2.24, 2.45) is 10.2 Å². The van der Waals surface area contributed by atoms with Crippen LogP contribution in [0, 0.1) is 0 Å². The van der Waals surface area contributed by atoms with Crippen LogP contribution in [-0.4, -0.2) is 43.8 Å². The average Bonchev–Trinajstić information content (AvgIpc) is 3.48. The van der Waals surface area contributed by atoms with Gasteiger partial charge in [0.25, 0.3) is 0 Å². The number of aromatic nitrogens is 2. The lowest BCUT2D eigenvalue weighted by Crippen LogP contribution is -2.32. The van der Waals surface area contributed by atoms with E-state index in [9.17, 15) is 4.79 Å². The zero-order valence-electron chi connectivity index (χ0n) is 20.2. The Labute approximate surface area is 235 Å². The van der Waals surface area contributed by atoms with Crippen molar-refractivity contribution in [1.82, 2.24) is 14.7 Å². The second-order valence-electron chi connectivity index (χ2n) is 8.49. The molecule has 1 aromatic heterocycles. The Bertz CT molecular complexity index is 1520. The van der Waals surface area contributed by atoms with Crippen LogP contribution >= 0.6 is 35.0 Å². The summed E-state index contributed by atoms with van der Waals surface area (Å²) in [5.74, 6) is -0.0393. The molecule has 0 saturated carbocycles. The Morgan fingerprint density at radius 2 is 1.74 bits per heavy atom. The van der Waals surface area contributed by atoms with Crippen LogP contribution in [0.1, 0.15) is 11.1 Å². The van der Waals surface area contributed by atoms with E-state index in [-0.39, 0.29) is 11.2 Å². The molecule has 0 aliphatic carbocycles. The lowest BCUT2D eigenvalue weighted by atomic mass is 10.1. The minimum absolute atomic E-state index is 0.0393. The van der Waals surface area contributed by atoms with E-state index in [1.54, 1.807) is 21.9 Å². The molecular weight excluding hydrogens is 537 g/mol. The summed E-state index contributed by atoms with van der Waals surface area (Å²) in [5, 5.41) is 15.1. The number of halogens is 2. The predicted molar refractivity (Wildman–Crippen MR) is 157 cm³/mol. The fourth-order valence-electron chi connectivity index (χ4n) is 4.04. The first-order valence-corrected chi connectivity index (χ1v) is 13.5. The number of thioether (sulfide) groups is 1. The van der Waals surface area contributed by atoms with Crippen LogP contribution in [-0.2, 0) is 11.2 Å². The maximum atomic E-state index is 13.1. The van der Waals surface area contributed by atoms with E-state index in [2.05, 4.69) is 16.8 Å². The van der Waals surface area contributed by atoms with Gasteiger partial charge in [-0.15, -0.1) is 11.7 Å². The molecule has 6 nitrogen and oxygen atoms in total. The molecule has 5 rings (SSSR count). The van der Waals surface area contributed by atoms with Crippen molar-refractivity contribution in [3.63, 3.8) is 0 Å².